The van der Waals surface area contributed by atoms with Crippen molar-refractivity contribution in [2.45, 2.75) is 33.6 Å². The molecule has 0 aromatic carbocycles. The molecule has 0 radical (unpaired) electrons. The average molecular weight is 261 g/mol. The molecule has 1 heterocycles. The number of nitrogens with one attached hydrogen (secondary N) is 1. The van der Waals surface area contributed by atoms with E-state index in [9.17, 15) is 9.90 Å². The average Bonchev–Trinajstić information content (AvgIpc) is 2.39. The van der Waals surface area contributed by atoms with Gasteiger partial charge in [0.15, 0.2) is 0 Å². The number of anilines is 1. The molecule has 1 rings (SSSR count). The van der Waals surface area contributed by atoms with E-state index in [-0.39, 0.29) is 0 Å². The summed E-state index contributed by atoms with van der Waals surface area (Å²) < 4.78 is 0. The molecule has 0 saturated carbocycles. The van der Waals surface area contributed by atoms with Crippen LogP contribution in [0.25, 0.3) is 0 Å². The van der Waals surface area contributed by atoms with Crippen LogP contribution in [0.5, 0.6) is 0 Å². The Morgan fingerprint density at radius 1 is 1.47 bits per heavy atom. The molecule has 0 unspecified atom stereocenters. The van der Waals surface area contributed by atoms with E-state index in [0.29, 0.717) is 30.8 Å². The summed E-state index contributed by atoms with van der Waals surface area (Å²) in [4.78, 5) is 15.6. The SMILES string of the molecule is CCC(CC)(CNc1cc(C#N)cc(C)n1)C(=O)O. The first kappa shape index (κ1) is 15.0. The summed E-state index contributed by atoms with van der Waals surface area (Å²) >= 11 is 0. The van der Waals surface area contributed by atoms with E-state index >= 15 is 0 Å². The molecule has 0 bridgehead atoms. The molecular weight excluding hydrogens is 242 g/mol. The summed E-state index contributed by atoms with van der Waals surface area (Å²) in [7, 11) is 0. The van der Waals surface area contributed by atoms with Crippen molar-refractivity contribution in [1.82, 2.24) is 4.98 Å². The third kappa shape index (κ3) is 3.44. The van der Waals surface area contributed by atoms with Gasteiger partial charge >= 0.3 is 5.97 Å². The summed E-state index contributed by atoms with van der Waals surface area (Å²) in [5.74, 6) is -0.262. The molecular formula is C14H19N3O2. The van der Waals surface area contributed by atoms with E-state index in [0.717, 1.165) is 5.69 Å². The number of carboxylic acid groups (broad SMARTS) is 1. The number of aromatic nitrogens is 1. The second-order valence-electron chi connectivity index (χ2n) is 4.64. The van der Waals surface area contributed by atoms with Crippen LogP contribution in [0.15, 0.2) is 12.1 Å². The van der Waals surface area contributed by atoms with E-state index in [1.54, 1.807) is 19.1 Å². The molecule has 0 aliphatic carbocycles. The number of carboxylic acids is 1. The number of nitrogens with zero attached hydrogens (tertiary/aromatic N) is 2. The van der Waals surface area contributed by atoms with Crippen LogP contribution in [-0.2, 0) is 4.79 Å². The highest BCUT2D eigenvalue weighted by Crippen LogP contribution is 2.27. The molecule has 19 heavy (non-hydrogen) atoms. The van der Waals surface area contributed by atoms with Crippen molar-refractivity contribution in [1.29, 1.82) is 5.26 Å². The molecule has 0 atom stereocenters. The van der Waals surface area contributed by atoms with Crippen LogP contribution in [0.3, 0.4) is 0 Å². The molecule has 1 aromatic heterocycles. The van der Waals surface area contributed by atoms with E-state index in [1.165, 1.54) is 0 Å². The van der Waals surface area contributed by atoms with Crippen LogP contribution in [0.1, 0.15) is 37.9 Å². The molecule has 102 valence electrons. The summed E-state index contributed by atoms with van der Waals surface area (Å²) in [5.41, 5.74) is 0.456. The lowest BCUT2D eigenvalue weighted by atomic mass is 9.82. The number of nitriles is 1. The lowest BCUT2D eigenvalue weighted by Crippen LogP contribution is -2.37. The highest BCUT2D eigenvalue weighted by Gasteiger charge is 2.34. The van der Waals surface area contributed by atoms with Gasteiger partial charge in [0, 0.05) is 12.2 Å². The maximum atomic E-state index is 11.4. The zero-order valence-electron chi connectivity index (χ0n) is 11.5. The minimum Gasteiger partial charge on any atom is -0.481 e. The standard InChI is InChI=1S/C14H19N3O2/c1-4-14(5-2,13(18)19)9-16-12-7-11(8-15)6-10(3)17-12/h6-7H,4-5,9H2,1-3H3,(H,16,17)(H,18,19). The second kappa shape index (κ2) is 6.19. The fourth-order valence-corrected chi connectivity index (χ4v) is 1.96. The monoisotopic (exact) mass is 261 g/mol. The van der Waals surface area contributed by atoms with Crippen LogP contribution in [0.2, 0.25) is 0 Å². The summed E-state index contributed by atoms with van der Waals surface area (Å²) in [6.45, 7) is 5.83. The predicted octanol–water partition coefficient (Wildman–Crippen LogP) is 2.56. The van der Waals surface area contributed by atoms with E-state index in [4.69, 9.17) is 5.26 Å². The quantitative estimate of drug-likeness (QED) is 0.821. The molecule has 0 aliphatic heterocycles. The largest absolute Gasteiger partial charge is 0.481 e. The van der Waals surface area contributed by atoms with Crippen molar-refractivity contribution in [3.63, 3.8) is 0 Å². The lowest BCUT2D eigenvalue weighted by molar-refractivity contribution is -0.148. The number of aryl methyl sites for hydroxylation is 1. The molecule has 2 N–H and O–H groups in total. The van der Waals surface area contributed by atoms with Crippen molar-refractivity contribution in [2.24, 2.45) is 5.41 Å². The van der Waals surface area contributed by atoms with Gasteiger partial charge in [0.05, 0.1) is 17.0 Å². The van der Waals surface area contributed by atoms with Crippen molar-refractivity contribution < 1.29 is 9.90 Å². The van der Waals surface area contributed by atoms with Crippen LogP contribution in [-0.4, -0.2) is 22.6 Å². The Bertz CT molecular complexity index is 502. The zero-order valence-corrected chi connectivity index (χ0v) is 11.5. The molecule has 1 aromatic rings. The fraction of sp³-hybridized carbons (Fsp3) is 0.500. The first-order valence-electron chi connectivity index (χ1n) is 6.33. The predicted molar refractivity (Wildman–Crippen MR) is 72.8 cm³/mol. The first-order chi connectivity index (χ1) is 8.97. The van der Waals surface area contributed by atoms with E-state index in [1.807, 2.05) is 13.8 Å². The maximum Gasteiger partial charge on any atom is 0.311 e. The van der Waals surface area contributed by atoms with Crippen LogP contribution >= 0.6 is 0 Å². The number of hydrogen-bond acceptors (Lipinski definition) is 4. The highest BCUT2D eigenvalue weighted by atomic mass is 16.4. The third-order valence-corrected chi connectivity index (χ3v) is 3.50. The van der Waals surface area contributed by atoms with Gasteiger partial charge in [-0.3, -0.25) is 4.79 Å². The maximum absolute atomic E-state index is 11.4. The first-order valence-corrected chi connectivity index (χ1v) is 6.33. The fourth-order valence-electron chi connectivity index (χ4n) is 1.96. The summed E-state index contributed by atoms with van der Waals surface area (Å²) in [6.07, 6.45) is 1.09. The Morgan fingerprint density at radius 3 is 2.58 bits per heavy atom. The number of rotatable bonds is 6. The Labute approximate surface area is 113 Å². The zero-order chi connectivity index (χ0) is 14.5. The van der Waals surface area contributed by atoms with Crippen LogP contribution in [0, 0.1) is 23.7 Å². The van der Waals surface area contributed by atoms with Gasteiger partial charge in [-0.15, -0.1) is 0 Å². The highest BCUT2D eigenvalue weighted by molar-refractivity contribution is 5.75. The minimum atomic E-state index is -0.807. The van der Waals surface area contributed by atoms with Gasteiger partial charge in [-0.25, -0.2) is 4.98 Å². The smallest absolute Gasteiger partial charge is 0.311 e. The topological polar surface area (TPSA) is 86.0 Å². The van der Waals surface area contributed by atoms with Crippen molar-refractivity contribution in [3.05, 3.63) is 23.4 Å². The van der Waals surface area contributed by atoms with E-state index < -0.39 is 11.4 Å². The molecule has 0 saturated heterocycles. The lowest BCUT2D eigenvalue weighted by Gasteiger charge is -2.27. The molecule has 5 nitrogen and oxygen atoms in total. The molecule has 0 amide bonds. The van der Waals surface area contributed by atoms with Gasteiger partial charge in [0.1, 0.15) is 5.82 Å². The number of hydrogen-bond donors (Lipinski definition) is 2. The second-order valence-corrected chi connectivity index (χ2v) is 4.64. The van der Waals surface area contributed by atoms with Crippen molar-refractivity contribution >= 4 is 11.8 Å². The Balaban J connectivity index is 2.89. The number of carbonyl (C=O) groups is 1. The van der Waals surface area contributed by atoms with Gasteiger partial charge in [0.25, 0.3) is 0 Å². The van der Waals surface area contributed by atoms with Crippen molar-refractivity contribution in [3.8, 4) is 6.07 Å². The van der Waals surface area contributed by atoms with Gasteiger partial charge in [-0.1, -0.05) is 13.8 Å². The molecule has 0 fully saturated rings. The summed E-state index contributed by atoms with van der Waals surface area (Å²) in [5, 5.41) is 21.3. The molecule has 5 heteroatoms. The number of aliphatic carboxylic acids is 1. The van der Waals surface area contributed by atoms with Gasteiger partial charge < -0.3 is 10.4 Å². The minimum absolute atomic E-state index is 0.302. The Kier molecular flexibility index (Phi) is 4.87. The third-order valence-electron chi connectivity index (χ3n) is 3.50. The van der Waals surface area contributed by atoms with Crippen LogP contribution < -0.4 is 5.32 Å². The Morgan fingerprint density at radius 2 is 2.11 bits per heavy atom. The number of pyridine rings is 1. The molecule has 0 aliphatic rings. The van der Waals surface area contributed by atoms with Crippen molar-refractivity contribution in [2.75, 3.05) is 11.9 Å². The normalized spacial score (nSPS) is 10.8. The Hall–Kier alpha value is -2.09. The van der Waals surface area contributed by atoms with Gasteiger partial charge in [-0.2, -0.15) is 5.26 Å². The van der Waals surface area contributed by atoms with E-state index in [2.05, 4.69) is 16.4 Å². The van der Waals surface area contributed by atoms with Crippen LogP contribution in [0.4, 0.5) is 5.82 Å². The van der Waals surface area contributed by atoms with Gasteiger partial charge in [-0.05, 0) is 31.9 Å². The molecule has 0 spiro atoms. The van der Waals surface area contributed by atoms with Gasteiger partial charge in [0.2, 0.25) is 0 Å². The summed E-state index contributed by atoms with van der Waals surface area (Å²) in [6, 6.07) is 5.38.